The first-order valence-corrected chi connectivity index (χ1v) is 8.14. The Bertz CT molecular complexity index is 669. The number of nitrogens with one attached hydrogen (secondary N) is 1. The number of rotatable bonds is 6. The Morgan fingerprint density at radius 2 is 2.04 bits per heavy atom. The van der Waals surface area contributed by atoms with Crippen molar-refractivity contribution < 1.29 is 19.3 Å². The highest BCUT2D eigenvalue weighted by molar-refractivity contribution is 5.03. The number of methoxy groups -OCH3 is 1. The van der Waals surface area contributed by atoms with E-state index in [1.807, 2.05) is 20.8 Å². The lowest BCUT2D eigenvalue weighted by atomic mass is 10.1. The van der Waals surface area contributed by atoms with Gasteiger partial charge in [-0.2, -0.15) is 0 Å². The second-order valence-corrected chi connectivity index (χ2v) is 6.19. The van der Waals surface area contributed by atoms with Gasteiger partial charge in [-0.15, -0.1) is 0 Å². The lowest BCUT2D eigenvalue weighted by Crippen LogP contribution is -2.42. The first-order chi connectivity index (χ1) is 11.3. The maximum absolute atomic E-state index is 12.2. The predicted octanol–water partition coefficient (Wildman–Crippen LogP) is 0.322. The van der Waals surface area contributed by atoms with Crippen LogP contribution < -0.4 is 11.2 Å². The summed E-state index contributed by atoms with van der Waals surface area (Å²) in [7, 11) is 1.58. The van der Waals surface area contributed by atoms with Crippen LogP contribution in [0.1, 0.15) is 39.0 Å². The maximum atomic E-state index is 12.2. The van der Waals surface area contributed by atoms with Crippen LogP contribution in [0.2, 0.25) is 0 Å². The molecule has 2 heterocycles. The van der Waals surface area contributed by atoms with Gasteiger partial charge in [0.1, 0.15) is 12.2 Å². The van der Waals surface area contributed by atoms with Crippen LogP contribution >= 0.6 is 0 Å². The van der Waals surface area contributed by atoms with Crippen LogP contribution in [0.5, 0.6) is 0 Å². The number of aliphatic hydroxyl groups excluding tert-OH is 1. The second kappa shape index (κ2) is 7.60. The summed E-state index contributed by atoms with van der Waals surface area (Å²) < 4.78 is 18.3. The van der Waals surface area contributed by atoms with Gasteiger partial charge in [-0.3, -0.25) is 14.3 Å². The van der Waals surface area contributed by atoms with Crippen molar-refractivity contribution in [2.75, 3.05) is 7.11 Å². The highest BCUT2D eigenvalue weighted by Crippen LogP contribution is 2.33. The zero-order valence-corrected chi connectivity index (χ0v) is 14.7. The van der Waals surface area contributed by atoms with E-state index in [0.717, 1.165) is 0 Å². The van der Waals surface area contributed by atoms with Crippen LogP contribution in [-0.2, 0) is 14.2 Å². The van der Waals surface area contributed by atoms with Crippen molar-refractivity contribution in [1.82, 2.24) is 9.55 Å². The molecule has 0 spiro atoms. The van der Waals surface area contributed by atoms with Crippen molar-refractivity contribution in [3.8, 4) is 0 Å². The largest absolute Gasteiger partial charge is 0.388 e. The summed E-state index contributed by atoms with van der Waals surface area (Å²) in [6, 6.07) is 0. The summed E-state index contributed by atoms with van der Waals surface area (Å²) >= 11 is 0. The molecule has 8 heteroatoms. The molecular weight excluding hydrogens is 316 g/mol. The summed E-state index contributed by atoms with van der Waals surface area (Å²) in [5.74, 6) is 0. The van der Waals surface area contributed by atoms with Gasteiger partial charge in [0.25, 0.3) is 5.56 Å². The molecule has 1 aromatic rings. The topological polar surface area (TPSA) is 103 Å². The summed E-state index contributed by atoms with van der Waals surface area (Å²) in [6.07, 6.45) is -1.40. The molecule has 1 aliphatic heterocycles. The number of H-pyrrole nitrogens is 1. The van der Waals surface area contributed by atoms with E-state index in [1.54, 1.807) is 14.0 Å². The summed E-state index contributed by atoms with van der Waals surface area (Å²) in [6.45, 7) is 7.17. The number of ether oxygens (including phenoxy) is 3. The summed E-state index contributed by atoms with van der Waals surface area (Å²) in [5, 5.41) is 10.5. The third-order valence-electron chi connectivity index (χ3n) is 4.54. The van der Waals surface area contributed by atoms with Crippen LogP contribution in [0, 0.1) is 6.92 Å². The van der Waals surface area contributed by atoms with E-state index in [2.05, 4.69) is 4.98 Å². The van der Waals surface area contributed by atoms with Gasteiger partial charge in [-0.25, -0.2) is 4.79 Å². The van der Waals surface area contributed by atoms with Crippen LogP contribution in [0.3, 0.4) is 0 Å². The fraction of sp³-hybridized carbons (Fsp3) is 0.750. The SMILES string of the molecule is CC[C@H]1O[C@@H](n2cc(C)c(=O)[nH]c2=O)C(O[C@@H](C)[C@H](C)OC)[C@H]1O. The monoisotopic (exact) mass is 342 g/mol. The molecule has 0 amide bonds. The molecule has 1 saturated heterocycles. The molecule has 2 N–H and O–H groups in total. The Balaban J connectivity index is 2.36. The minimum Gasteiger partial charge on any atom is -0.388 e. The summed E-state index contributed by atoms with van der Waals surface area (Å²) in [4.78, 5) is 26.0. The molecule has 0 aliphatic carbocycles. The fourth-order valence-electron chi connectivity index (χ4n) is 2.75. The minimum absolute atomic E-state index is 0.187. The van der Waals surface area contributed by atoms with Crippen molar-refractivity contribution in [3.63, 3.8) is 0 Å². The van der Waals surface area contributed by atoms with Crippen molar-refractivity contribution in [2.45, 2.75) is 70.9 Å². The smallest absolute Gasteiger partial charge is 0.330 e. The second-order valence-electron chi connectivity index (χ2n) is 6.19. The van der Waals surface area contributed by atoms with Gasteiger partial charge in [0, 0.05) is 18.9 Å². The van der Waals surface area contributed by atoms with E-state index in [4.69, 9.17) is 14.2 Å². The number of aromatic amines is 1. The lowest BCUT2D eigenvalue weighted by molar-refractivity contribution is -0.129. The lowest BCUT2D eigenvalue weighted by Gasteiger charge is -2.28. The van der Waals surface area contributed by atoms with Gasteiger partial charge in [0.05, 0.1) is 18.3 Å². The molecule has 2 rings (SSSR count). The van der Waals surface area contributed by atoms with E-state index in [9.17, 15) is 14.7 Å². The number of aryl methyl sites for hydroxylation is 1. The average Bonchev–Trinajstić information content (AvgIpc) is 2.86. The van der Waals surface area contributed by atoms with Crippen LogP contribution in [0.15, 0.2) is 15.8 Å². The third kappa shape index (κ3) is 3.61. The van der Waals surface area contributed by atoms with Crippen molar-refractivity contribution in [3.05, 3.63) is 32.6 Å². The van der Waals surface area contributed by atoms with Crippen molar-refractivity contribution in [2.24, 2.45) is 0 Å². The zero-order chi connectivity index (χ0) is 18.0. The van der Waals surface area contributed by atoms with E-state index >= 15 is 0 Å². The number of hydrogen-bond donors (Lipinski definition) is 2. The van der Waals surface area contributed by atoms with E-state index in [0.29, 0.717) is 12.0 Å². The highest BCUT2D eigenvalue weighted by atomic mass is 16.6. The predicted molar refractivity (Wildman–Crippen MR) is 87.1 cm³/mol. The number of aromatic nitrogens is 2. The minimum atomic E-state index is -0.884. The van der Waals surface area contributed by atoms with Crippen LogP contribution in [0.25, 0.3) is 0 Å². The van der Waals surface area contributed by atoms with Gasteiger partial charge in [0.15, 0.2) is 6.23 Å². The van der Waals surface area contributed by atoms with Crippen molar-refractivity contribution in [1.29, 1.82) is 0 Å². The maximum Gasteiger partial charge on any atom is 0.330 e. The number of nitrogens with zero attached hydrogens (tertiary/aromatic N) is 1. The molecule has 1 aromatic heterocycles. The molecule has 0 radical (unpaired) electrons. The van der Waals surface area contributed by atoms with E-state index in [1.165, 1.54) is 10.8 Å². The molecular formula is C16H26N2O6. The Morgan fingerprint density at radius 3 is 2.62 bits per heavy atom. The Hall–Kier alpha value is -1.48. The fourth-order valence-corrected chi connectivity index (χ4v) is 2.75. The average molecular weight is 342 g/mol. The van der Waals surface area contributed by atoms with Gasteiger partial charge < -0.3 is 19.3 Å². The Kier molecular flexibility index (Phi) is 5.97. The van der Waals surface area contributed by atoms with Gasteiger partial charge >= 0.3 is 5.69 Å². The van der Waals surface area contributed by atoms with E-state index < -0.39 is 35.8 Å². The molecule has 8 nitrogen and oxygen atoms in total. The van der Waals surface area contributed by atoms with E-state index in [-0.39, 0.29) is 12.2 Å². The standard InChI is InChI=1S/C16H26N2O6/c1-6-11-12(19)13(23-10(4)9(3)22-5)15(24-11)18-7-8(2)14(20)17-16(18)21/h7,9-13,15,19H,6H2,1-5H3,(H,17,20,21)/t9-,10-,11+,12-,13?,15+/m0/s1. The molecule has 1 unspecified atom stereocenters. The third-order valence-corrected chi connectivity index (χ3v) is 4.54. The Labute approximate surface area is 140 Å². The quantitative estimate of drug-likeness (QED) is 0.772. The van der Waals surface area contributed by atoms with Crippen LogP contribution in [-0.4, -0.2) is 52.3 Å². The number of hydrogen-bond acceptors (Lipinski definition) is 6. The molecule has 0 aromatic carbocycles. The first kappa shape index (κ1) is 18.9. The molecule has 136 valence electrons. The first-order valence-electron chi connectivity index (χ1n) is 8.14. The number of aliphatic hydroxyl groups is 1. The molecule has 24 heavy (non-hydrogen) atoms. The molecule has 6 atom stereocenters. The summed E-state index contributed by atoms with van der Waals surface area (Å²) in [5.41, 5.74) is -0.661. The normalized spacial score (nSPS) is 29.6. The zero-order valence-electron chi connectivity index (χ0n) is 14.7. The molecule has 0 bridgehead atoms. The van der Waals surface area contributed by atoms with Gasteiger partial charge in [-0.05, 0) is 27.2 Å². The molecule has 1 aliphatic rings. The van der Waals surface area contributed by atoms with Crippen LogP contribution in [0.4, 0.5) is 0 Å². The molecule has 1 fully saturated rings. The van der Waals surface area contributed by atoms with Gasteiger partial charge in [-0.1, -0.05) is 6.92 Å². The van der Waals surface area contributed by atoms with Gasteiger partial charge in [0.2, 0.25) is 0 Å². The molecule has 0 saturated carbocycles. The Morgan fingerprint density at radius 1 is 1.38 bits per heavy atom. The van der Waals surface area contributed by atoms with Crippen molar-refractivity contribution >= 4 is 0 Å². The highest BCUT2D eigenvalue weighted by Gasteiger charge is 2.46.